The van der Waals surface area contributed by atoms with Crippen LogP contribution in [0.25, 0.3) is 17.2 Å². The molecule has 0 saturated heterocycles. The summed E-state index contributed by atoms with van der Waals surface area (Å²) in [6.45, 7) is 1.88. The van der Waals surface area contributed by atoms with E-state index in [-0.39, 0.29) is 41.8 Å². The van der Waals surface area contributed by atoms with Crippen LogP contribution in [-0.4, -0.2) is 35.4 Å². The predicted octanol–water partition coefficient (Wildman–Crippen LogP) is 1.40. The number of carbonyl (C=O) groups excluding carboxylic acids is 1. The van der Waals surface area contributed by atoms with E-state index in [0.717, 1.165) is 26.9 Å². The van der Waals surface area contributed by atoms with E-state index in [9.17, 15) is 18.8 Å². The molecule has 0 saturated carbocycles. The normalized spacial score (nSPS) is 10.9. The number of pyridine rings is 1. The first kappa shape index (κ1) is 21.7. The van der Waals surface area contributed by atoms with Gasteiger partial charge in [0.2, 0.25) is 17.6 Å². The number of anilines is 1. The molecule has 12 heteroatoms. The maximum atomic E-state index is 13.2. The monoisotopic (exact) mass is 451 g/mol. The topological polar surface area (TPSA) is 138 Å². The molecule has 4 rings (SSSR count). The molecular weight excluding hydrogens is 433 g/mol. The average molecular weight is 451 g/mol. The fourth-order valence-electron chi connectivity index (χ4n) is 2.95. The van der Waals surface area contributed by atoms with E-state index in [1.807, 2.05) is 13.0 Å². The van der Waals surface area contributed by atoms with Crippen LogP contribution in [-0.2, 0) is 18.3 Å². The second-order valence-electron chi connectivity index (χ2n) is 7.16. The Morgan fingerprint density at radius 2 is 1.94 bits per heavy atom. The number of aryl methyl sites for hydroxylation is 2. The first-order valence-corrected chi connectivity index (χ1v) is 9.83. The van der Waals surface area contributed by atoms with Gasteiger partial charge in [0.05, 0.1) is 5.69 Å². The van der Waals surface area contributed by atoms with Gasteiger partial charge in [0.1, 0.15) is 11.6 Å². The summed E-state index contributed by atoms with van der Waals surface area (Å²) in [6.07, 6.45) is 1.74. The Hall–Kier alpha value is -4.48. The van der Waals surface area contributed by atoms with E-state index in [1.54, 1.807) is 12.3 Å². The van der Waals surface area contributed by atoms with Gasteiger partial charge >= 0.3 is 5.69 Å². The van der Waals surface area contributed by atoms with Crippen LogP contribution in [0.2, 0.25) is 0 Å². The number of nitrogens with zero attached hydrogens (tertiary/aromatic N) is 6. The highest BCUT2D eigenvalue weighted by Crippen LogP contribution is 2.12. The summed E-state index contributed by atoms with van der Waals surface area (Å²) in [5.74, 6) is -0.376. The van der Waals surface area contributed by atoms with Crippen molar-refractivity contribution in [2.75, 3.05) is 5.32 Å². The molecule has 3 aromatic heterocycles. The van der Waals surface area contributed by atoms with Gasteiger partial charge in [-0.05, 0) is 48.9 Å². The molecule has 1 amide bonds. The number of rotatable bonds is 6. The standard InChI is InChI=1S/C21H18FN7O4/c1-12-9-10-23-15(11-12)24-16(30)7-8-17-25-19(27-33-17)18-20(31)28(2)21(32)29(26-18)14-5-3-13(22)4-6-14/h3-6,9-11H,7-8H2,1-2H3,(H,23,24,30). The van der Waals surface area contributed by atoms with Gasteiger partial charge in [-0.25, -0.2) is 14.2 Å². The number of hydrogen-bond acceptors (Lipinski definition) is 8. The van der Waals surface area contributed by atoms with E-state index < -0.39 is 17.1 Å². The van der Waals surface area contributed by atoms with Gasteiger partial charge < -0.3 is 9.84 Å². The van der Waals surface area contributed by atoms with Crippen molar-refractivity contribution >= 4 is 11.7 Å². The van der Waals surface area contributed by atoms with Gasteiger partial charge in [0.15, 0.2) is 5.69 Å². The van der Waals surface area contributed by atoms with Crippen molar-refractivity contribution in [2.24, 2.45) is 7.05 Å². The van der Waals surface area contributed by atoms with Crippen LogP contribution in [0.4, 0.5) is 10.2 Å². The van der Waals surface area contributed by atoms with E-state index >= 15 is 0 Å². The fourth-order valence-corrected chi connectivity index (χ4v) is 2.95. The lowest BCUT2D eigenvalue weighted by Gasteiger charge is -2.07. The number of halogens is 1. The molecule has 0 aliphatic heterocycles. The molecule has 4 aromatic rings. The van der Waals surface area contributed by atoms with Crippen LogP contribution in [0.1, 0.15) is 17.9 Å². The molecule has 0 unspecified atom stereocenters. The quantitative estimate of drug-likeness (QED) is 0.464. The Kier molecular flexibility index (Phi) is 5.89. The summed E-state index contributed by atoms with van der Waals surface area (Å²) >= 11 is 0. The van der Waals surface area contributed by atoms with Crippen LogP contribution < -0.4 is 16.6 Å². The average Bonchev–Trinajstić information content (AvgIpc) is 3.26. The third kappa shape index (κ3) is 4.74. The van der Waals surface area contributed by atoms with Gasteiger partial charge in [-0.1, -0.05) is 5.16 Å². The van der Waals surface area contributed by atoms with Crippen molar-refractivity contribution in [3.8, 4) is 17.2 Å². The number of carbonyl (C=O) groups is 1. The maximum absolute atomic E-state index is 13.2. The lowest BCUT2D eigenvalue weighted by Crippen LogP contribution is -2.40. The largest absolute Gasteiger partial charge is 0.351 e. The van der Waals surface area contributed by atoms with Crippen LogP contribution in [0.5, 0.6) is 0 Å². The molecule has 0 spiro atoms. The first-order valence-electron chi connectivity index (χ1n) is 9.83. The van der Waals surface area contributed by atoms with E-state index in [4.69, 9.17) is 4.52 Å². The number of amides is 1. The zero-order valence-corrected chi connectivity index (χ0v) is 17.6. The fraction of sp³-hybridized carbons (Fsp3) is 0.190. The summed E-state index contributed by atoms with van der Waals surface area (Å²) in [5.41, 5.74) is -0.472. The molecule has 1 aromatic carbocycles. The minimum Gasteiger partial charge on any atom is -0.339 e. The lowest BCUT2D eigenvalue weighted by atomic mass is 10.2. The molecule has 0 atom stereocenters. The van der Waals surface area contributed by atoms with Crippen molar-refractivity contribution < 1.29 is 13.7 Å². The second kappa shape index (κ2) is 8.94. The molecule has 0 aliphatic rings. The highest BCUT2D eigenvalue weighted by atomic mass is 19.1. The Balaban J connectivity index is 1.54. The Morgan fingerprint density at radius 1 is 1.18 bits per heavy atom. The lowest BCUT2D eigenvalue weighted by molar-refractivity contribution is -0.116. The molecule has 0 bridgehead atoms. The van der Waals surface area contributed by atoms with E-state index in [1.165, 1.54) is 19.2 Å². The number of nitrogens with one attached hydrogen (secondary N) is 1. The third-order valence-electron chi connectivity index (χ3n) is 4.68. The molecule has 0 fully saturated rings. The highest BCUT2D eigenvalue weighted by Gasteiger charge is 2.19. The zero-order valence-electron chi connectivity index (χ0n) is 17.6. The smallest absolute Gasteiger partial charge is 0.339 e. The zero-order chi connectivity index (χ0) is 23.5. The van der Waals surface area contributed by atoms with Crippen LogP contribution >= 0.6 is 0 Å². The van der Waals surface area contributed by atoms with Crippen LogP contribution in [0.15, 0.2) is 56.7 Å². The van der Waals surface area contributed by atoms with E-state index in [0.29, 0.717) is 5.82 Å². The van der Waals surface area contributed by atoms with Crippen LogP contribution in [0, 0.1) is 12.7 Å². The molecule has 0 aliphatic carbocycles. The Labute approximate surface area is 185 Å². The molecule has 168 valence electrons. The highest BCUT2D eigenvalue weighted by molar-refractivity contribution is 5.89. The van der Waals surface area contributed by atoms with Crippen molar-refractivity contribution in [2.45, 2.75) is 19.8 Å². The minimum atomic E-state index is -0.728. The summed E-state index contributed by atoms with van der Waals surface area (Å²) in [4.78, 5) is 45.4. The summed E-state index contributed by atoms with van der Waals surface area (Å²) in [7, 11) is 1.28. The molecular formula is C21H18FN7O4. The van der Waals surface area contributed by atoms with E-state index in [2.05, 4.69) is 25.5 Å². The summed E-state index contributed by atoms with van der Waals surface area (Å²) in [5, 5.41) is 10.5. The molecule has 0 radical (unpaired) electrons. The summed E-state index contributed by atoms with van der Waals surface area (Å²) < 4.78 is 20.2. The van der Waals surface area contributed by atoms with Gasteiger partial charge in [-0.2, -0.15) is 14.8 Å². The van der Waals surface area contributed by atoms with Gasteiger partial charge in [0.25, 0.3) is 5.56 Å². The Bertz CT molecular complexity index is 1440. The molecule has 1 N–H and O–H groups in total. The molecule has 33 heavy (non-hydrogen) atoms. The number of benzene rings is 1. The third-order valence-corrected chi connectivity index (χ3v) is 4.68. The van der Waals surface area contributed by atoms with Crippen molar-refractivity contribution in [1.29, 1.82) is 0 Å². The number of hydrogen-bond donors (Lipinski definition) is 1. The van der Waals surface area contributed by atoms with Gasteiger partial charge in [-0.3, -0.25) is 14.2 Å². The van der Waals surface area contributed by atoms with Crippen molar-refractivity contribution in [3.63, 3.8) is 0 Å². The molecule has 11 nitrogen and oxygen atoms in total. The van der Waals surface area contributed by atoms with Gasteiger partial charge in [0, 0.05) is 26.1 Å². The molecule has 3 heterocycles. The second-order valence-corrected chi connectivity index (χ2v) is 7.16. The maximum Gasteiger partial charge on any atom is 0.351 e. The first-order chi connectivity index (χ1) is 15.8. The summed E-state index contributed by atoms with van der Waals surface area (Å²) in [6, 6.07) is 8.58. The number of aromatic nitrogens is 6. The SMILES string of the molecule is Cc1ccnc(NC(=O)CCc2nc(-c3nn(-c4ccc(F)cc4)c(=O)n(C)c3=O)no2)c1. The Morgan fingerprint density at radius 3 is 2.67 bits per heavy atom. The minimum absolute atomic E-state index is 0.0395. The van der Waals surface area contributed by atoms with Crippen molar-refractivity contribution in [1.82, 2.24) is 29.5 Å². The van der Waals surface area contributed by atoms with Gasteiger partial charge in [-0.15, -0.1) is 0 Å². The van der Waals surface area contributed by atoms with Crippen LogP contribution in [0.3, 0.4) is 0 Å². The predicted molar refractivity (Wildman–Crippen MR) is 114 cm³/mol. The van der Waals surface area contributed by atoms with Crippen molar-refractivity contribution in [3.05, 3.63) is 80.7 Å².